The summed E-state index contributed by atoms with van der Waals surface area (Å²) in [5.74, 6) is 0.955. The molecule has 4 aromatic rings. The van der Waals surface area contributed by atoms with Gasteiger partial charge in [0.2, 0.25) is 0 Å². The van der Waals surface area contributed by atoms with E-state index in [2.05, 4.69) is 37.5 Å². The van der Waals surface area contributed by atoms with E-state index in [1.165, 1.54) is 18.4 Å². The van der Waals surface area contributed by atoms with E-state index in [1.54, 1.807) is 6.33 Å². The van der Waals surface area contributed by atoms with Crippen molar-refractivity contribution in [2.24, 2.45) is 5.41 Å². The quantitative estimate of drug-likeness (QED) is 0.503. The van der Waals surface area contributed by atoms with E-state index in [9.17, 15) is 0 Å². The zero-order valence-electron chi connectivity index (χ0n) is 17.1. The first-order chi connectivity index (χ1) is 15.2. The van der Waals surface area contributed by atoms with Crippen molar-refractivity contribution in [3.8, 4) is 5.69 Å². The van der Waals surface area contributed by atoms with Crippen LogP contribution in [0.15, 0.2) is 67.3 Å². The molecule has 1 aliphatic carbocycles. The monoisotopic (exact) mass is 430 g/mol. The van der Waals surface area contributed by atoms with Crippen LogP contribution in [-0.4, -0.2) is 43.8 Å². The molecule has 156 valence electrons. The molecule has 1 N–H and O–H groups in total. The van der Waals surface area contributed by atoms with Gasteiger partial charge in [-0.05, 0) is 54.7 Å². The van der Waals surface area contributed by atoms with Crippen LogP contribution in [0.25, 0.3) is 16.6 Å². The van der Waals surface area contributed by atoms with Gasteiger partial charge in [-0.25, -0.2) is 14.6 Å². The molecule has 2 aliphatic rings. The molecule has 1 saturated heterocycles. The Morgan fingerprint density at radius 2 is 1.84 bits per heavy atom. The van der Waals surface area contributed by atoms with Gasteiger partial charge in [0.15, 0.2) is 0 Å². The van der Waals surface area contributed by atoms with Crippen molar-refractivity contribution in [2.45, 2.75) is 25.4 Å². The molecule has 31 heavy (non-hydrogen) atoms. The van der Waals surface area contributed by atoms with Gasteiger partial charge in [0.05, 0.1) is 17.4 Å². The van der Waals surface area contributed by atoms with Gasteiger partial charge >= 0.3 is 0 Å². The van der Waals surface area contributed by atoms with Crippen LogP contribution in [-0.2, 0) is 6.54 Å². The number of nitrogens with zero attached hydrogens (tertiary/aromatic N) is 5. The Hall–Kier alpha value is -2.96. The Morgan fingerprint density at radius 3 is 2.68 bits per heavy atom. The topological polar surface area (TPSA) is 58.9 Å². The average Bonchev–Trinajstić information content (AvgIpc) is 3.20. The van der Waals surface area contributed by atoms with E-state index in [0.29, 0.717) is 11.5 Å². The Morgan fingerprint density at radius 1 is 1.03 bits per heavy atom. The lowest BCUT2D eigenvalue weighted by Gasteiger charge is -2.59. The molecule has 1 aliphatic heterocycles. The van der Waals surface area contributed by atoms with Gasteiger partial charge in [-0.2, -0.15) is 5.10 Å². The van der Waals surface area contributed by atoms with Gasteiger partial charge in [0.1, 0.15) is 12.1 Å². The van der Waals surface area contributed by atoms with Gasteiger partial charge in [0.25, 0.3) is 0 Å². The van der Waals surface area contributed by atoms with Crippen LogP contribution in [0.2, 0.25) is 5.02 Å². The first-order valence-corrected chi connectivity index (χ1v) is 11.0. The smallest absolute Gasteiger partial charge is 0.137 e. The fourth-order valence-electron chi connectivity index (χ4n) is 5.11. The fraction of sp³-hybridized carbons (Fsp3) is 0.292. The van der Waals surface area contributed by atoms with E-state index in [4.69, 9.17) is 11.6 Å². The van der Waals surface area contributed by atoms with E-state index in [0.717, 1.165) is 47.1 Å². The molecule has 1 saturated carbocycles. The van der Waals surface area contributed by atoms with Crippen molar-refractivity contribution in [3.63, 3.8) is 0 Å². The summed E-state index contributed by atoms with van der Waals surface area (Å²) in [4.78, 5) is 11.3. The number of fused-ring (bicyclic) bond motifs is 1. The minimum absolute atomic E-state index is 0.465. The normalized spacial score (nSPS) is 18.1. The number of hydrogen-bond acceptors (Lipinski definition) is 5. The predicted octanol–water partition coefficient (Wildman–Crippen LogP) is 4.55. The van der Waals surface area contributed by atoms with E-state index in [1.807, 2.05) is 53.3 Å². The molecule has 6 rings (SSSR count). The lowest BCUT2D eigenvalue weighted by atomic mass is 9.60. The third kappa shape index (κ3) is 3.56. The molecule has 7 heteroatoms. The highest BCUT2D eigenvalue weighted by molar-refractivity contribution is 6.30. The van der Waals surface area contributed by atoms with E-state index >= 15 is 0 Å². The molecule has 2 fully saturated rings. The summed E-state index contributed by atoms with van der Waals surface area (Å²) < 4.78 is 1.91. The summed E-state index contributed by atoms with van der Waals surface area (Å²) in [7, 11) is 0. The number of hydrogen-bond donors (Lipinski definition) is 1. The minimum atomic E-state index is 0.465. The van der Waals surface area contributed by atoms with Crippen LogP contribution < -0.4 is 5.32 Å². The van der Waals surface area contributed by atoms with Crippen LogP contribution >= 0.6 is 11.6 Å². The highest BCUT2D eigenvalue weighted by atomic mass is 35.5. The minimum Gasteiger partial charge on any atom is -0.367 e. The predicted molar refractivity (Wildman–Crippen MR) is 122 cm³/mol. The molecular weight excluding hydrogens is 408 g/mol. The van der Waals surface area contributed by atoms with Crippen molar-refractivity contribution in [1.29, 1.82) is 0 Å². The first kappa shape index (κ1) is 18.8. The van der Waals surface area contributed by atoms with Gasteiger partial charge in [-0.3, -0.25) is 4.90 Å². The molecule has 6 nitrogen and oxygen atoms in total. The summed E-state index contributed by atoms with van der Waals surface area (Å²) >= 11 is 5.98. The lowest BCUT2D eigenvalue weighted by molar-refractivity contribution is -0.0712. The van der Waals surface area contributed by atoms with Gasteiger partial charge in [-0.1, -0.05) is 23.7 Å². The maximum Gasteiger partial charge on any atom is 0.137 e. The van der Waals surface area contributed by atoms with Gasteiger partial charge < -0.3 is 5.32 Å². The van der Waals surface area contributed by atoms with Crippen molar-refractivity contribution < 1.29 is 0 Å². The van der Waals surface area contributed by atoms with Gasteiger partial charge in [0, 0.05) is 47.8 Å². The van der Waals surface area contributed by atoms with Gasteiger partial charge in [-0.15, -0.1) is 0 Å². The fourth-order valence-corrected chi connectivity index (χ4v) is 5.23. The Labute approximate surface area is 185 Å². The molecule has 2 aromatic carbocycles. The van der Waals surface area contributed by atoms with Crippen molar-refractivity contribution in [3.05, 3.63) is 77.8 Å². The maximum atomic E-state index is 5.98. The molecule has 0 amide bonds. The molecule has 0 bridgehead atoms. The number of anilines is 1. The van der Waals surface area contributed by atoms with Crippen LogP contribution in [0, 0.1) is 5.41 Å². The highest BCUT2D eigenvalue weighted by Crippen LogP contribution is 2.49. The third-order valence-corrected chi connectivity index (χ3v) is 6.75. The Balaban J connectivity index is 1.03. The van der Waals surface area contributed by atoms with Crippen LogP contribution in [0.1, 0.15) is 18.4 Å². The number of nitrogens with one attached hydrogen (secondary N) is 1. The summed E-state index contributed by atoms with van der Waals surface area (Å²) in [5.41, 5.74) is 3.72. The number of rotatable bonds is 5. The molecule has 1 spiro atoms. The molecule has 0 unspecified atom stereocenters. The number of halogens is 1. The SMILES string of the molecule is Clc1ccc(-n2cc(CN3CC4(CC(Nc5ncnc6ccccc56)C4)C3)cn2)cc1. The van der Waals surface area contributed by atoms with E-state index < -0.39 is 0 Å². The summed E-state index contributed by atoms with van der Waals surface area (Å²) in [6.45, 7) is 3.26. The standard InChI is InChI=1S/C24H23ClN6/c25-18-5-7-20(8-6-18)31-13-17(11-28-31)12-30-14-24(15-30)9-19(10-24)29-23-21-3-1-2-4-22(21)26-16-27-23/h1-8,11,13,16,19H,9-10,12,14-15H2,(H,26,27,29). The number of benzene rings is 2. The van der Waals surface area contributed by atoms with Crippen molar-refractivity contribution in [2.75, 3.05) is 18.4 Å². The van der Waals surface area contributed by atoms with Crippen LogP contribution in [0.4, 0.5) is 5.82 Å². The second kappa shape index (κ2) is 7.32. The molecule has 2 aromatic heterocycles. The summed E-state index contributed by atoms with van der Waals surface area (Å²) in [6, 6.07) is 16.4. The van der Waals surface area contributed by atoms with Crippen molar-refractivity contribution >= 4 is 28.3 Å². The van der Waals surface area contributed by atoms with Crippen LogP contribution in [0.5, 0.6) is 0 Å². The molecule has 0 atom stereocenters. The van der Waals surface area contributed by atoms with Crippen molar-refractivity contribution in [1.82, 2.24) is 24.6 Å². The second-order valence-corrected chi connectivity index (χ2v) is 9.34. The molecule has 3 heterocycles. The summed E-state index contributed by atoms with van der Waals surface area (Å²) in [5, 5.41) is 9.98. The van der Waals surface area contributed by atoms with E-state index in [-0.39, 0.29) is 0 Å². The number of likely N-dealkylation sites (tertiary alicyclic amines) is 1. The average molecular weight is 431 g/mol. The Kier molecular flexibility index (Phi) is 4.44. The highest BCUT2D eigenvalue weighted by Gasteiger charge is 2.52. The number of aromatic nitrogens is 4. The lowest BCUT2D eigenvalue weighted by Crippen LogP contribution is -2.64. The molecule has 0 radical (unpaired) electrons. The zero-order chi connectivity index (χ0) is 20.8. The largest absolute Gasteiger partial charge is 0.367 e. The second-order valence-electron chi connectivity index (χ2n) is 8.90. The molecular formula is C24H23ClN6. The maximum absolute atomic E-state index is 5.98. The summed E-state index contributed by atoms with van der Waals surface area (Å²) in [6.07, 6.45) is 8.12. The zero-order valence-corrected chi connectivity index (χ0v) is 17.8. The Bertz CT molecular complexity index is 1220. The van der Waals surface area contributed by atoms with Crippen LogP contribution in [0.3, 0.4) is 0 Å². The third-order valence-electron chi connectivity index (χ3n) is 6.49. The number of para-hydroxylation sites is 1. The first-order valence-electron chi connectivity index (χ1n) is 10.6.